The van der Waals surface area contributed by atoms with Crippen LogP contribution in [0.3, 0.4) is 0 Å². The Balaban J connectivity index is 2.25. The first-order valence-electron chi connectivity index (χ1n) is 2.60. The van der Waals surface area contributed by atoms with Gasteiger partial charge in [0.05, 0.1) is 0 Å². The van der Waals surface area contributed by atoms with Gasteiger partial charge in [-0.1, -0.05) is 0 Å². The molecule has 1 heteroatoms. The van der Waals surface area contributed by atoms with E-state index in [1.807, 2.05) is 0 Å². The third-order valence-corrected chi connectivity index (χ3v) is 3.77. The second kappa shape index (κ2) is 2.70. The van der Waals surface area contributed by atoms with Crippen LogP contribution in [0.4, 0.5) is 0 Å². The Labute approximate surface area is 55.3 Å². The van der Waals surface area contributed by atoms with Crippen molar-refractivity contribution in [3.8, 4) is 0 Å². The predicted molar refractivity (Wildman–Crippen MR) is 28.1 cm³/mol. The summed E-state index contributed by atoms with van der Waals surface area (Å²) in [6.07, 6.45) is 2.68. The van der Waals surface area contributed by atoms with Gasteiger partial charge in [-0.15, -0.1) is 0 Å². The topological polar surface area (TPSA) is 0 Å². The zero-order valence-electron chi connectivity index (χ0n) is 4.41. The van der Waals surface area contributed by atoms with Gasteiger partial charge in [0, 0.05) is 0 Å². The van der Waals surface area contributed by atoms with E-state index in [4.69, 9.17) is 0 Å². The second-order valence-electron chi connectivity index (χ2n) is 1.82. The Hall–Kier alpha value is 0.470. The number of hydrogen-bond donors (Lipinski definition) is 0. The van der Waals surface area contributed by atoms with Gasteiger partial charge in [-0.2, -0.15) is 0 Å². The molecular weight excluding hydrogens is 199 g/mol. The molecule has 0 N–H and O–H groups in total. The molecule has 0 atom stereocenters. The van der Waals surface area contributed by atoms with Crippen molar-refractivity contribution < 1.29 is 21.2 Å². The molecule has 0 aliphatic carbocycles. The minimum atomic E-state index is 0.627. The first-order chi connectivity index (χ1) is 3.39. The number of rotatable bonds is 0. The van der Waals surface area contributed by atoms with Gasteiger partial charge >= 0.3 is 55.1 Å². The minimum absolute atomic E-state index is 0.627. The fraction of sp³-hybridized carbons (Fsp3) is 0.667. The molecule has 1 aliphatic heterocycles. The number of allylic oxidation sites excluding steroid dienone is 1. The molecular formula is C6H10I-. The van der Waals surface area contributed by atoms with Crippen molar-refractivity contribution in [2.24, 2.45) is 0 Å². The standard InChI is InChI=1S/C6H10I/c1-6-2-4-7-5-3-6/h1-5H2/q-1. The van der Waals surface area contributed by atoms with E-state index in [1.165, 1.54) is 27.3 Å². The fourth-order valence-corrected chi connectivity index (χ4v) is 3.45. The Morgan fingerprint density at radius 2 is 1.86 bits per heavy atom. The van der Waals surface area contributed by atoms with E-state index in [-0.39, 0.29) is 0 Å². The van der Waals surface area contributed by atoms with Gasteiger partial charge in [0.1, 0.15) is 0 Å². The fourth-order valence-electron chi connectivity index (χ4n) is 0.620. The van der Waals surface area contributed by atoms with E-state index in [0.717, 1.165) is 0 Å². The monoisotopic (exact) mass is 209 g/mol. The van der Waals surface area contributed by atoms with Gasteiger partial charge in [0.25, 0.3) is 0 Å². The molecule has 1 heterocycles. The van der Waals surface area contributed by atoms with Gasteiger partial charge in [0.2, 0.25) is 0 Å². The van der Waals surface area contributed by atoms with Crippen molar-refractivity contribution in [3.63, 3.8) is 0 Å². The van der Waals surface area contributed by atoms with E-state index in [2.05, 4.69) is 6.58 Å². The van der Waals surface area contributed by atoms with Crippen molar-refractivity contribution in [3.05, 3.63) is 12.2 Å². The molecule has 1 aliphatic rings. The Morgan fingerprint density at radius 1 is 1.29 bits per heavy atom. The van der Waals surface area contributed by atoms with Gasteiger partial charge in [-0.05, 0) is 0 Å². The first-order valence-corrected chi connectivity index (χ1v) is 5.65. The summed E-state index contributed by atoms with van der Waals surface area (Å²) in [5, 5.41) is 0. The number of hydrogen-bond acceptors (Lipinski definition) is 0. The number of alkyl halides is 2. The maximum atomic E-state index is 3.93. The molecule has 1 rings (SSSR count). The average Bonchev–Trinajstić information content (AvgIpc) is 1.69. The summed E-state index contributed by atoms with van der Waals surface area (Å²) in [5.74, 6) is 0. The third-order valence-electron chi connectivity index (χ3n) is 1.16. The van der Waals surface area contributed by atoms with Crippen molar-refractivity contribution in [1.82, 2.24) is 0 Å². The maximum absolute atomic E-state index is 3.93. The van der Waals surface area contributed by atoms with Gasteiger partial charge in [-0.25, -0.2) is 0 Å². The van der Waals surface area contributed by atoms with Gasteiger partial charge in [-0.3, -0.25) is 0 Å². The summed E-state index contributed by atoms with van der Waals surface area (Å²) in [6.45, 7) is 3.93. The van der Waals surface area contributed by atoms with Crippen LogP contribution in [0.2, 0.25) is 0 Å². The van der Waals surface area contributed by atoms with Crippen LogP contribution < -0.4 is 21.2 Å². The van der Waals surface area contributed by atoms with Crippen molar-refractivity contribution in [2.45, 2.75) is 12.8 Å². The molecule has 1 fully saturated rings. The SMILES string of the molecule is C=C1CC[I-]CC1. The van der Waals surface area contributed by atoms with Crippen molar-refractivity contribution >= 4 is 0 Å². The van der Waals surface area contributed by atoms with Crippen LogP contribution in [-0.4, -0.2) is 8.86 Å². The van der Waals surface area contributed by atoms with E-state index in [0.29, 0.717) is 21.2 Å². The molecule has 42 valence electrons. The van der Waals surface area contributed by atoms with Crippen LogP contribution in [0.15, 0.2) is 12.2 Å². The van der Waals surface area contributed by atoms with Gasteiger partial charge in [0.15, 0.2) is 0 Å². The molecule has 0 radical (unpaired) electrons. The van der Waals surface area contributed by atoms with Crippen molar-refractivity contribution in [2.75, 3.05) is 8.86 Å². The van der Waals surface area contributed by atoms with Crippen LogP contribution in [-0.2, 0) is 0 Å². The summed E-state index contributed by atoms with van der Waals surface area (Å²) in [6, 6.07) is 0. The zero-order chi connectivity index (χ0) is 5.11. The normalized spacial score (nSPS) is 23.7. The third kappa shape index (κ3) is 1.80. The van der Waals surface area contributed by atoms with E-state index < -0.39 is 0 Å². The van der Waals surface area contributed by atoms with Crippen LogP contribution >= 0.6 is 0 Å². The van der Waals surface area contributed by atoms with E-state index >= 15 is 0 Å². The molecule has 0 nitrogen and oxygen atoms in total. The van der Waals surface area contributed by atoms with E-state index in [9.17, 15) is 0 Å². The molecule has 0 aromatic heterocycles. The molecule has 0 aromatic rings. The quantitative estimate of drug-likeness (QED) is 0.257. The average molecular weight is 209 g/mol. The molecule has 0 spiro atoms. The molecule has 7 heavy (non-hydrogen) atoms. The molecule has 0 amide bonds. The molecule has 0 unspecified atom stereocenters. The summed E-state index contributed by atoms with van der Waals surface area (Å²) in [5.41, 5.74) is 1.49. The zero-order valence-corrected chi connectivity index (χ0v) is 6.57. The van der Waals surface area contributed by atoms with Crippen LogP contribution in [0, 0.1) is 0 Å². The summed E-state index contributed by atoms with van der Waals surface area (Å²) in [4.78, 5) is 0. The molecule has 0 aromatic carbocycles. The predicted octanol–water partition coefficient (Wildman–Crippen LogP) is -1.57. The molecule has 0 saturated carbocycles. The Kier molecular flexibility index (Phi) is 2.16. The molecule has 1 saturated heterocycles. The number of halogens is 1. The Morgan fingerprint density at radius 3 is 2.14 bits per heavy atom. The first kappa shape index (κ1) is 5.60. The van der Waals surface area contributed by atoms with E-state index in [1.54, 1.807) is 0 Å². The van der Waals surface area contributed by atoms with Crippen LogP contribution in [0.25, 0.3) is 0 Å². The van der Waals surface area contributed by atoms with Crippen LogP contribution in [0.5, 0.6) is 0 Å². The van der Waals surface area contributed by atoms with Gasteiger partial charge < -0.3 is 0 Å². The van der Waals surface area contributed by atoms with Crippen molar-refractivity contribution in [1.29, 1.82) is 0 Å². The Bertz CT molecular complexity index is 68.2. The summed E-state index contributed by atoms with van der Waals surface area (Å²) < 4.78 is 3.00. The summed E-state index contributed by atoms with van der Waals surface area (Å²) in [7, 11) is 0. The molecule has 0 bridgehead atoms. The summed E-state index contributed by atoms with van der Waals surface area (Å²) >= 11 is 0.627. The van der Waals surface area contributed by atoms with Crippen LogP contribution in [0.1, 0.15) is 12.8 Å². The second-order valence-corrected chi connectivity index (χ2v) is 5.05.